The fraction of sp³-hybridized carbons (Fsp3) is 0.476. The van der Waals surface area contributed by atoms with Gasteiger partial charge in [-0.25, -0.2) is 4.98 Å². The number of rotatable bonds is 5. The molecule has 1 saturated heterocycles. The van der Waals surface area contributed by atoms with Crippen molar-refractivity contribution >= 4 is 11.8 Å². The second-order valence-electron chi connectivity index (χ2n) is 7.77. The predicted octanol–water partition coefficient (Wildman–Crippen LogP) is 2.00. The number of benzene rings is 1. The molecule has 1 aromatic heterocycles. The number of nitrogens with one attached hydrogen (secondary N) is 1. The highest BCUT2D eigenvalue weighted by Gasteiger charge is 2.37. The van der Waals surface area contributed by atoms with E-state index in [1.807, 2.05) is 31.2 Å². The molecule has 2 atom stereocenters. The molecule has 0 radical (unpaired) electrons. The van der Waals surface area contributed by atoms with Crippen molar-refractivity contribution in [1.82, 2.24) is 15.2 Å². The Kier molecular flexibility index (Phi) is 5.17. The van der Waals surface area contributed by atoms with Crippen molar-refractivity contribution in [2.24, 2.45) is 11.8 Å². The van der Waals surface area contributed by atoms with Gasteiger partial charge in [0.15, 0.2) is 17.8 Å². The van der Waals surface area contributed by atoms with E-state index in [-0.39, 0.29) is 42.0 Å². The Bertz CT molecular complexity index is 874. The molecule has 2 aliphatic rings. The van der Waals surface area contributed by atoms with Gasteiger partial charge in [0.05, 0.1) is 6.04 Å². The van der Waals surface area contributed by atoms with Crippen LogP contribution in [-0.2, 0) is 4.79 Å². The third-order valence-electron chi connectivity index (χ3n) is 5.60. The fourth-order valence-corrected chi connectivity index (χ4v) is 3.75. The zero-order valence-electron chi connectivity index (χ0n) is 15.9. The molecule has 1 aromatic carbocycles. The van der Waals surface area contributed by atoms with Gasteiger partial charge in [0.25, 0.3) is 5.91 Å². The number of aliphatic hydroxyl groups is 1. The van der Waals surface area contributed by atoms with Crippen molar-refractivity contribution in [2.45, 2.75) is 32.2 Å². The summed E-state index contributed by atoms with van der Waals surface area (Å²) in [6, 6.07) is 7.49. The zero-order valence-corrected chi connectivity index (χ0v) is 15.9. The molecular formula is C21H25N3O4. The number of oxazole rings is 1. The van der Waals surface area contributed by atoms with Crippen LogP contribution in [0.3, 0.4) is 0 Å². The maximum absolute atomic E-state index is 13.1. The van der Waals surface area contributed by atoms with E-state index >= 15 is 0 Å². The number of aromatic nitrogens is 1. The summed E-state index contributed by atoms with van der Waals surface area (Å²) >= 11 is 0. The molecule has 2 heterocycles. The van der Waals surface area contributed by atoms with Gasteiger partial charge in [-0.1, -0.05) is 23.8 Å². The number of carbonyl (C=O) groups is 2. The largest absolute Gasteiger partial charge is 0.443 e. The summed E-state index contributed by atoms with van der Waals surface area (Å²) in [7, 11) is 0. The summed E-state index contributed by atoms with van der Waals surface area (Å²) in [6.07, 6.45) is 3.76. The molecule has 0 unspecified atom stereocenters. The van der Waals surface area contributed by atoms with E-state index < -0.39 is 0 Å². The summed E-state index contributed by atoms with van der Waals surface area (Å²) < 4.78 is 5.52. The van der Waals surface area contributed by atoms with Crippen molar-refractivity contribution in [3.8, 4) is 11.3 Å². The van der Waals surface area contributed by atoms with Crippen LogP contribution in [0.4, 0.5) is 0 Å². The number of nitrogens with zero attached hydrogens (tertiary/aromatic N) is 2. The second-order valence-corrected chi connectivity index (χ2v) is 7.77. The standard InChI is InChI=1S/C21H25N3O4/c1-13-3-2-4-15(9-13)19-18(22-12-28-19)21(27)24-8-7-16(11-25)17(10-24)23-20(26)14-5-6-14/h2-4,9,12,14,16-17,25H,5-8,10-11H2,1H3,(H,23,26)/t16-,17-/m1/s1. The van der Waals surface area contributed by atoms with Crippen molar-refractivity contribution in [1.29, 1.82) is 0 Å². The molecule has 2 N–H and O–H groups in total. The molecule has 1 saturated carbocycles. The summed E-state index contributed by atoms with van der Waals surface area (Å²) in [4.78, 5) is 31.2. The Morgan fingerprint density at radius 3 is 2.86 bits per heavy atom. The Hall–Kier alpha value is -2.67. The van der Waals surface area contributed by atoms with Crippen LogP contribution >= 0.6 is 0 Å². The van der Waals surface area contributed by atoms with Gasteiger partial charge in [-0.05, 0) is 32.3 Å². The lowest BCUT2D eigenvalue weighted by Crippen LogP contribution is -2.55. The first-order valence-corrected chi connectivity index (χ1v) is 9.78. The van der Waals surface area contributed by atoms with Gasteiger partial charge < -0.3 is 19.7 Å². The van der Waals surface area contributed by atoms with E-state index in [1.165, 1.54) is 6.39 Å². The Balaban J connectivity index is 1.52. The van der Waals surface area contributed by atoms with Crippen LogP contribution in [0.5, 0.6) is 0 Å². The number of aliphatic hydroxyl groups excluding tert-OH is 1. The van der Waals surface area contributed by atoms with Gasteiger partial charge in [-0.15, -0.1) is 0 Å². The molecule has 2 fully saturated rings. The molecule has 4 rings (SSSR count). The molecule has 1 aliphatic carbocycles. The molecule has 2 amide bonds. The minimum atomic E-state index is -0.245. The molecular weight excluding hydrogens is 358 g/mol. The maximum Gasteiger partial charge on any atom is 0.276 e. The molecule has 1 aliphatic heterocycles. The van der Waals surface area contributed by atoms with Crippen LogP contribution in [0.25, 0.3) is 11.3 Å². The fourth-order valence-electron chi connectivity index (χ4n) is 3.75. The van der Waals surface area contributed by atoms with Crippen LogP contribution < -0.4 is 5.32 Å². The van der Waals surface area contributed by atoms with Crippen molar-refractivity contribution in [3.63, 3.8) is 0 Å². The van der Waals surface area contributed by atoms with Crippen molar-refractivity contribution in [3.05, 3.63) is 41.9 Å². The van der Waals surface area contributed by atoms with Crippen LogP contribution in [0.1, 0.15) is 35.3 Å². The van der Waals surface area contributed by atoms with Crippen LogP contribution in [-0.4, -0.2) is 52.5 Å². The number of carbonyl (C=O) groups excluding carboxylic acids is 2. The van der Waals surface area contributed by atoms with E-state index in [2.05, 4.69) is 10.3 Å². The quantitative estimate of drug-likeness (QED) is 0.823. The topological polar surface area (TPSA) is 95.7 Å². The first kappa shape index (κ1) is 18.7. The lowest BCUT2D eigenvalue weighted by atomic mass is 9.91. The van der Waals surface area contributed by atoms with Gasteiger partial charge in [0.2, 0.25) is 5.91 Å². The smallest absolute Gasteiger partial charge is 0.276 e. The van der Waals surface area contributed by atoms with Gasteiger partial charge in [-0.3, -0.25) is 9.59 Å². The Morgan fingerprint density at radius 1 is 1.32 bits per heavy atom. The van der Waals surface area contributed by atoms with Gasteiger partial charge in [0.1, 0.15) is 0 Å². The van der Waals surface area contributed by atoms with E-state index in [4.69, 9.17) is 4.42 Å². The first-order chi connectivity index (χ1) is 13.6. The lowest BCUT2D eigenvalue weighted by molar-refractivity contribution is -0.123. The monoisotopic (exact) mass is 383 g/mol. The highest BCUT2D eigenvalue weighted by molar-refractivity contribution is 5.97. The summed E-state index contributed by atoms with van der Waals surface area (Å²) in [5.41, 5.74) is 2.16. The molecule has 0 bridgehead atoms. The number of aryl methyl sites for hydroxylation is 1. The second kappa shape index (κ2) is 7.75. The molecule has 7 nitrogen and oxygen atoms in total. The molecule has 0 spiro atoms. The normalized spacial score (nSPS) is 22.1. The number of hydrogen-bond acceptors (Lipinski definition) is 5. The van der Waals surface area contributed by atoms with Crippen LogP contribution in [0, 0.1) is 18.8 Å². The first-order valence-electron chi connectivity index (χ1n) is 9.78. The zero-order chi connectivity index (χ0) is 19.7. The van der Waals surface area contributed by atoms with Crippen LogP contribution in [0.2, 0.25) is 0 Å². The van der Waals surface area contributed by atoms with E-state index in [0.717, 1.165) is 24.0 Å². The van der Waals surface area contributed by atoms with Crippen molar-refractivity contribution < 1.29 is 19.1 Å². The summed E-state index contributed by atoms with van der Waals surface area (Å²) in [6.45, 7) is 2.85. The van der Waals surface area contributed by atoms with Gasteiger partial charge >= 0.3 is 0 Å². The highest BCUT2D eigenvalue weighted by atomic mass is 16.3. The van der Waals surface area contributed by atoms with E-state index in [0.29, 0.717) is 25.3 Å². The van der Waals surface area contributed by atoms with Gasteiger partial charge in [-0.2, -0.15) is 0 Å². The molecule has 7 heteroatoms. The Morgan fingerprint density at radius 2 is 2.14 bits per heavy atom. The molecule has 148 valence electrons. The average molecular weight is 383 g/mol. The van der Waals surface area contributed by atoms with E-state index in [1.54, 1.807) is 4.90 Å². The van der Waals surface area contributed by atoms with Crippen LogP contribution in [0.15, 0.2) is 35.1 Å². The minimum Gasteiger partial charge on any atom is -0.443 e. The molecule has 2 aromatic rings. The average Bonchev–Trinajstić information content (AvgIpc) is 3.44. The Labute approximate surface area is 163 Å². The maximum atomic E-state index is 13.1. The van der Waals surface area contributed by atoms with Gasteiger partial charge in [0, 0.05) is 37.1 Å². The lowest BCUT2D eigenvalue weighted by Gasteiger charge is -2.38. The number of likely N-dealkylation sites (tertiary alicyclic amines) is 1. The third-order valence-corrected chi connectivity index (χ3v) is 5.60. The number of hydrogen-bond donors (Lipinski definition) is 2. The number of amides is 2. The summed E-state index contributed by atoms with van der Waals surface area (Å²) in [5.74, 6) is 0.317. The molecule has 28 heavy (non-hydrogen) atoms. The minimum absolute atomic E-state index is 0.00382. The predicted molar refractivity (Wildman–Crippen MR) is 102 cm³/mol. The highest BCUT2D eigenvalue weighted by Crippen LogP contribution is 2.30. The van der Waals surface area contributed by atoms with Crippen molar-refractivity contribution in [2.75, 3.05) is 19.7 Å². The van der Waals surface area contributed by atoms with E-state index in [9.17, 15) is 14.7 Å². The summed E-state index contributed by atoms with van der Waals surface area (Å²) in [5, 5.41) is 12.7. The number of piperidine rings is 1. The SMILES string of the molecule is Cc1cccc(-c2ocnc2C(=O)N2CC[C@H](CO)[C@H](NC(=O)C3CC3)C2)c1. The third kappa shape index (κ3) is 3.80.